The van der Waals surface area contributed by atoms with Gasteiger partial charge in [-0.05, 0) is 32.1 Å². The molecule has 0 aromatic rings. The molecule has 0 aliphatic carbocycles. The van der Waals surface area contributed by atoms with Crippen LogP contribution in [0.2, 0.25) is 0 Å². The predicted octanol–water partition coefficient (Wildman–Crippen LogP) is -2.88. The molecule has 2 aliphatic heterocycles. The molecule has 17 nitrogen and oxygen atoms in total. The van der Waals surface area contributed by atoms with Gasteiger partial charge in [-0.25, -0.2) is 0 Å². The molecule has 2 heterocycles. The number of nitrogens with one attached hydrogen (secondary N) is 3. The molecule has 0 spiro atoms. The predicted molar refractivity (Wildman–Crippen MR) is 174 cm³/mol. The van der Waals surface area contributed by atoms with Gasteiger partial charge in [0.2, 0.25) is 11.8 Å². The Balaban J connectivity index is 1.52. The Bertz CT molecular complexity index is 916. The van der Waals surface area contributed by atoms with Gasteiger partial charge in [-0.1, -0.05) is 39.5 Å². The van der Waals surface area contributed by atoms with Gasteiger partial charge in [-0.3, -0.25) is 9.59 Å². The summed E-state index contributed by atoms with van der Waals surface area (Å²) in [6.45, 7) is 4.31. The van der Waals surface area contributed by atoms with E-state index >= 15 is 0 Å². The van der Waals surface area contributed by atoms with Crippen LogP contribution in [0.3, 0.4) is 0 Å². The van der Waals surface area contributed by atoms with Gasteiger partial charge in [-0.2, -0.15) is 0 Å². The molecule has 2 saturated heterocycles. The molecule has 17 heteroatoms. The summed E-state index contributed by atoms with van der Waals surface area (Å²) in [5.41, 5.74) is 0. The van der Waals surface area contributed by atoms with Crippen molar-refractivity contribution in [1.82, 2.24) is 16.0 Å². The van der Waals surface area contributed by atoms with Gasteiger partial charge in [0.1, 0.15) is 48.8 Å². The molecule has 49 heavy (non-hydrogen) atoms. The first kappa shape index (κ1) is 43.6. The average molecular weight is 712 g/mol. The highest BCUT2D eigenvalue weighted by molar-refractivity contribution is 5.83. The zero-order chi connectivity index (χ0) is 36.3. The van der Waals surface area contributed by atoms with E-state index in [1.54, 1.807) is 0 Å². The van der Waals surface area contributed by atoms with E-state index in [-0.39, 0.29) is 37.5 Å². The molecule has 5 unspecified atom stereocenters. The number of hydrogen-bond donors (Lipinski definition) is 11. The van der Waals surface area contributed by atoms with Crippen LogP contribution in [0.4, 0.5) is 0 Å². The highest BCUT2D eigenvalue weighted by Crippen LogP contribution is 2.23. The summed E-state index contributed by atoms with van der Waals surface area (Å²) in [7, 11) is 0. The Morgan fingerprint density at radius 1 is 0.633 bits per heavy atom. The quantitative estimate of drug-likeness (QED) is 0.0449. The lowest BCUT2D eigenvalue weighted by molar-refractivity contribution is -0.301. The highest BCUT2D eigenvalue weighted by Gasteiger charge is 2.45. The number of carbonyl (C=O) groups is 2. The van der Waals surface area contributed by atoms with E-state index in [9.17, 15) is 50.4 Å². The second-order valence-corrected chi connectivity index (χ2v) is 13.0. The molecule has 0 aromatic heterocycles. The van der Waals surface area contributed by atoms with Gasteiger partial charge in [0.15, 0.2) is 12.6 Å². The van der Waals surface area contributed by atoms with Crippen LogP contribution >= 0.6 is 0 Å². The minimum atomic E-state index is -1.48. The third-order valence-electron chi connectivity index (χ3n) is 8.54. The van der Waals surface area contributed by atoms with Crippen molar-refractivity contribution in [3.8, 4) is 0 Å². The van der Waals surface area contributed by atoms with E-state index in [0.29, 0.717) is 32.4 Å². The van der Waals surface area contributed by atoms with Crippen molar-refractivity contribution in [3.05, 3.63) is 0 Å². The molecule has 2 fully saturated rings. The number of carbonyl (C=O) groups excluding carboxylic acids is 2. The van der Waals surface area contributed by atoms with Crippen LogP contribution < -0.4 is 16.0 Å². The van der Waals surface area contributed by atoms with E-state index in [1.165, 1.54) is 0 Å². The molecule has 2 rings (SSSR count). The Hall–Kier alpha value is -1.58. The molecular weight excluding hydrogens is 650 g/mol. The van der Waals surface area contributed by atoms with Crippen LogP contribution in [0.25, 0.3) is 0 Å². The number of rotatable bonds is 24. The zero-order valence-electron chi connectivity index (χ0n) is 28.8. The van der Waals surface area contributed by atoms with Crippen LogP contribution in [-0.2, 0) is 28.5 Å². The van der Waals surface area contributed by atoms with Crippen molar-refractivity contribution in [3.63, 3.8) is 0 Å². The lowest BCUT2D eigenvalue weighted by Gasteiger charge is -2.39. The number of hydrogen-bond acceptors (Lipinski definition) is 15. The van der Waals surface area contributed by atoms with Crippen molar-refractivity contribution in [1.29, 1.82) is 0 Å². The van der Waals surface area contributed by atoms with E-state index in [0.717, 1.165) is 38.5 Å². The summed E-state index contributed by atoms with van der Waals surface area (Å²) in [4.78, 5) is 25.2. The maximum absolute atomic E-state index is 12.8. The van der Waals surface area contributed by atoms with Gasteiger partial charge < -0.3 is 75.8 Å². The minimum absolute atomic E-state index is 0.0483. The van der Waals surface area contributed by atoms with Crippen molar-refractivity contribution in [2.24, 2.45) is 0 Å². The van der Waals surface area contributed by atoms with Crippen molar-refractivity contribution < 1.29 is 69.4 Å². The Labute approximate surface area is 288 Å². The Morgan fingerprint density at radius 2 is 1.08 bits per heavy atom. The van der Waals surface area contributed by atoms with Crippen LogP contribution in [0.5, 0.6) is 0 Å². The van der Waals surface area contributed by atoms with Crippen LogP contribution in [0.15, 0.2) is 0 Å². The summed E-state index contributed by atoms with van der Waals surface area (Å²) in [5.74, 6) is -0.307. The summed E-state index contributed by atoms with van der Waals surface area (Å²) < 4.78 is 21.6. The first-order valence-electron chi connectivity index (χ1n) is 17.6. The van der Waals surface area contributed by atoms with Crippen molar-refractivity contribution in [2.45, 2.75) is 152 Å². The number of unbranched alkanes of at least 4 members (excludes halogenated alkanes) is 6. The van der Waals surface area contributed by atoms with Crippen LogP contribution in [-0.4, -0.2) is 166 Å². The molecule has 11 N–H and O–H groups in total. The summed E-state index contributed by atoms with van der Waals surface area (Å²) in [6.07, 6.45) is -6.40. The molecular formula is C32H61N3O14. The third-order valence-corrected chi connectivity index (χ3v) is 8.54. The molecule has 0 radical (unpaired) electrons. The molecule has 2 amide bonds. The molecule has 288 valence electrons. The lowest BCUT2D eigenvalue weighted by Crippen LogP contribution is -2.59. The van der Waals surface area contributed by atoms with E-state index in [1.807, 2.05) is 13.8 Å². The second-order valence-electron chi connectivity index (χ2n) is 13.0. The monoisotopic (exact) mass is 711 g/mol. The largest absolute Gasteiger partial charge is 0.394 e. The number of amides is 2. The molecule has 11 atom stereocenters. The maximum Gasteiger partial charge on any atom is 0.237 e. The molecule has 0 aromatic carbocycles. The lowest BCUT2D eigenvalue weighted by atomic mass is 9.99. The fraction of sp³-hybridized carbons (Fsp3) is 0.938. The zero-order valence-corrected chi connectivity index (χ0v) is 28.8. The van der Waals surface area contributed by atoms with Gasteiger partial charge in [0.05, 0.1) is 19.3 Å². The molecule has 2 aliphatic rings. The Morgan fingerprint density at radius 3 is 1.53 bits per heavy atom. The number of aliphatic hydroxyl groups excluding tert-OH is 8. The van der Waals surface area contributed by atoms with Crippen molar-refractivity contribution >= 4 is 11.8 Å². The van der Waals surface area contributed by atoms with Gasteiger partial charge in [0.25, 0.3) is 0 Å². The fourth-order valence-corrected chi connectivity index (χ4v) is 5.59. The number of aliphatic hydroxyl groups is 8. The topological polar surface area (TPSA) is 269 Å². The van der Waals surface area contributed by atoms with Crippen LogP contribution in [0, 0.1) is 0 Å². The van der Waals surface area contributed by atoms with E-state index < -0.39 is 80.7 Å². The first-order chi connectivity index (χ1) is 23.4. The van der Waals surface area contributed by atoms with Gasteiger partial charge in [-0.15, -0.1) is 0 Å². The highest BCUT2D eigenvalue weighted by atomic mass is 16.7. The average Bonchev–Trinajstić information content (AvgIpc) is 3.08. The minimum Gasteiger partial charge on any atom is -0.394 e. The molecule has 0 bridgehead atoms. The SMILES string of the molecule is CC(C)NC(CCC(=O)NCCCCCCO[C@H]1O[C@H](CO)[C@@H](O)C(O)C1O)C(=O)NCCCCCCO[C@H]1O[C@H](CO)[C@@H](O)C(O)C1O. The van der Waals surface area contributed by atoms with E-state index in [2.05, 4.69) is 16.0 Å². The van der Waals surface area contributed by atoms with Crippen molar-refractivity contribution in [2.75, 3.05) is 39.5 Å². The third kappa shape index (κ3) is 15.3. The summed E-state index contributed by atoms with van der Waals surface area (Å²) >= 11 is 0. The summed E-state index contributed by atoms with van der Waals surface area (Å²) in [6, 6.07) is -0.464. The number of ether oxygens (including phenoxy) is 4. The Kier molecular flexibility index (Phi) is 21.2. The maximum atomic E-state index is 12.8. The van der Waals surface area contributed by atoms with E-state index in [4.69, 9.17) is 18.9 Å². The standard InChI is InChI=1S/C32H61N3O14/c1-19(2)35-20(30(45)34-14-8-4-6-10-16-47-32-29(44)27(42)25(40)22(18-37)49-32)11-12-23(38)33-13-7-3-5-9-15-46-31-28(43)26(41)24(39)21(17-36)48-31/h19-22,24-29,31-32,35-37,39-44H,3-18H2,1-2H3,(H,33,38)(H,34,45)/t20?,21-,22-,24-,25-,26?,27?,28?,29?,31+,32+/m1/s1. The van der Waals surface area contributed by atoms with Crippen LogP contribution in [0.1, 0.15) is 78.1 Å². The summed E-state index contributed by atoms with van der Waals surface area (Å²) in [5, 5.41) is 86.9. The first-order valence-corrected chi connectivity index (χ1v) is 17.6. The second kappa shape index (κ2) is 23.8. The fourth-order valence-electron chi connectivity index (χ4n) is 5.59. The van der Waals surface area contributed by atoms with Gasteiger partial charge in [0, 0.05) is 38.8 Å². The smallest absolute Gasteiger partial charge is 0.237 e. The normalized spacial score (nSPS) is 31.1. The van der Waals surface area contributed by atoms with Gasteiger partial charge >= 0.3 is 0 Å². The molecule has 0 saturated carbocycles.